The van der Waals surface area contributed by atoms with Gasteiger partial charge in [0.25, 0.3) is 6.18 Å². The Hall–Kier alpha value is 0.512. The molecule has 0 N–H and O–H groups in total. The largest absolute Gasteiger partial charge is 0.533 e. The van der Waals surface area contributed by atoms with Crippen LogP contribution in [0.1, 0.15) is 0 Å². The smallest absolute Gasteiger partial charge is 0.298 e. The summed E-state index contributed by atoms with van der Waals surface area (Å²) < 4.78 is 31.1. The van der Waals surface area contributed by atoms with E-state index in [1.807, 2.05) is 0 Å². The van der Waals surface area contributed by atoms with Gasteiger partial charge in [0.1, 0.15) is 0 Å². The van der Waals surface area contributed by atoms with Crippen molar-refractivity contribution in [2.24, 2.45) is 0 Å². The van der Waals surface area contributed by atoms with Crippen LogP contribution in [0, 0.1) is 31.1 Å². The molecule has 1 nitrogen and oxygen atoms in total. The van der Waals surface area contributed by atoms with Crippen LogP contribution in [-0.4, -0.2) is 12.5 Å². The maximum absolute atomic E-state index is 10.4. The number of hydrogen-bond acceptors (Lipinski definition) is 1. The molecule has 0 aromatic rings. The van der Waals surface area contributed by atoms with E-state index < -0.39 is 6.18 Å². The fourth-order valence-corrected chi connectivity index (χ4v) is 0. The van der Waals surface area contributed by atoms with Crippen LogP contribution in [0.15, 0.2) is 0 Å². The van der Waals surface area contributed by atoms with E-state index in [0.29, 0.717) is 0 Å². The van der Waals surface area contributed by atoms with Gasteiger partial charge in [-0.15, -0.1) is 0 Å². The van der Waals surface area contributed by atoms with Gasteiger partial charge < -0.3 is 4.79 Å². The molecule has 0 atom stereocenters. The molecule has 0 spiro atoms. The fraction of sp³-hybridized carbons (Fsp3) is 0.500. The summed E-state index contributed by atoms with van der Waals surface area (Å²) in [7, 11) is 0. The predicted octanol–water partition coefficient (Wildman–Crippen LogP) is 0.658. The minimum absolute atomic E-state index is 0. The van der Waals surface area contributed by atoms with E-state index in [2.05, 4.69) is 0 Å². The van der Waals surface area contributed by atoms with Gasteiger partial charge in [-0.1, -0.05) is 0 Å². The molecule has 0 unspecified atom stereocenters. The zero-order valence-electron chi connectivity index (χ0n) is 3.04. The summed E-state index contributed by atoms with van der Waals surface area (Å²) in [5.74, 6) is 0. The number of rotatable bonds is 0. The number of hydrogen-bond donors (Lipinski definition) is 0. The van der Waals surface area contributed by atoms with E-state index in [9.17, 15) is 13.2 Å². The van der Waals surface area contributed by atoms with Gasteiger partial charge in [-0.2, -0.15) is 6.29 Å². The first-order valence-electron chi connectivity index (χ1n) is 1.02. The Bertz CT molecular complexity index is 58.4. The minimum atomic E-state index is -4.76. The van der Waals surface area contributed by atoms with Crippen LogP contribution in [0.4, 0.5) is 13.2 Å². The average molecular weight is 335 g/mol. The van der Waals surface area contributed by atoms with Crippen molar-refractivity contribution >= 4 is 6.29 Å². The molecule has 0 aliphatic carbocycles. The third-order valence-electron chi connectivity index (χ3n) is 0.116. The summed E-state index contributed by atoms with van der Waals surface area (Å²) in [5.41, 5.74) is 0. The second-order valence-corrected chi connectivity index (χ2v) is 0.600. The maximum Gasteiger partial charge on any atom is 0.298 e. The number of carbonyl (C=O) groups excluding carboxylic acids is 1. The molecule has 0 aliphatic rings. The first-order valence-corrected chi connectivity index (χ1v) is 1.02. The van der Waals surface area contributed by atoms with Gasteiger partial charge in [0.15, 0.2) is 0 Å². The summed E-state index contributed by atoms with van der Waals surface area (Å²) >= 11 is 0. The van der Waals surface area contributed by atoms with Gasteiger partial charge >= 0.3 is 0 Å². The zero-order chi connectivity index (χ0) is 5.21. The molecule has 0 amide bonds. The van der Waals surface area contributed by atoms with Crippen molar-refractivity contribution in [3.8, 4) is 0 Å². The van der Waals surface area contributed by atoms with Crippen LogP contribution in [0.2, 0.25) is 0 Å². The molecule has 0 heterocycles. The minimum Gasteiger partial charge on any atom is -0.533 e. The van der Waals surface area contributed by atoms with E-state index in [0.717, 1.165) is 0 Å². The van der Waals surface area contributed by atoms with Crippen molar-refractivity contribution in [1.29, 1.82) is 0 Å². The van der Waals surface area contributed by atoms with Crippen molar-refractivity contribution in [3.63, 3.8) is 0 Å². The van der Waals surface area contributed by atoms with E-state index in [1.165, 1.54) is 0 Å². The van der Waals surface area contributed by atoms with E-state index in [1.54, 1.807) is 0 Å². The van der Waals surface area contributed by atoms with Crippen LogP contribution in [0.25, 0.3) is 0 Å². The molecule has 0 saturated carbocycles. The predicted molar refractivity (Wildman–Crippen MR) is 11.7 cm³/mol. The Morgan fingerprint density at radius 1 is 1.29 bits per heavy atom. The van der Waals surface area contributed by atoms with Crippen LogP contribution in [0.5, 0.6) is 0 Å². The van der Waals surface area contributed by atoms with Crippen molar-refractivity contribution in [2.45, 2.75) is 6.18 Å². The second kappa shape index (κ2) is 3.51. The topological polar surface area (TPSA) is 17.1 Å². The summed E-state index contributed by atoms with van der Waals surface area (Å²) in [6, 6.07) is 0. The first kappa shape index (κ1) is 10.5. The molecular formula is C2F3OU-. The quantitative estimate of drug-likeness (QED) is 0.595. The fourth-order valence-electron chi connectivity index (χ4n) is 0. The Morgan fingerprint density at radius 3 is 1.43 bits per heavy atom. The van der Waals surface area contributed by atoms with Crippen molar-refractivity contribution in [1.82, 2.24) is 0 Å². The molecular weight excluding hydrogens is 335 g/mol. The molecule has 5 heteroatoms. The zero-order valence-corrected chi connectivity index (χ0v) is 7.21. The average Bonchev–Trinajstić information content (AvgIpc) is 1.35. The van der Waals surface area contributed by atoms with Crippen LogP contribution in [-0.2, 0) is 4.79 Å². The van der Waals surface area contributed by atoms with Gasteiger partial charge in [0.2, 0.25) is 0 Å². The van der Waals surface area contributed by atoms with E-state index >= 15 is 0 Å². The normalized spacial score (nSPS) is 9.57. The standard InChI is InChI=1S/C2F3O.U/c3-2(4,5)1-6;/q-1;. The summed E-state index contributed by atoms with van der Waals surface area (Å²) in [6.45, 7) is 0. The summed E-state index contributed by atoms with van der Waals surface area (Å²) in [5, 5.41) is 0. The summed E-state index contributed by atoms with van der Waals surface area (Å²) in [4.78, 5) is 8.58. The third kappa shape index (κ3) is 10.7. The Balaban J connectivity index is 0. The molecule has 0 fully saturated rings. The maximum atomic E-state index is 10.4. The van der Waals surface area contributed by atoms with Gasteiger partial charge in [-0.05, 0) is 0 Å². The molecule has 0 saturated heterocycles. The molecule has 7 heavy (non-hydrogen) atoms. The molecule has 0 radical (unpaired) electrons. The summed E-state index contributed by atoms with van der Waals surface area (Å²) in [6.07, 6.45) is -4.91. The van der Waals surface area contributed by atoms with Crippen molar-refractivity contribution in [3.05, 3.63) is 0 Å². The monoisotopic (exact) mass is 335 g/mol. The van der Waals surface area contributed by atoms with Crippen LogP contribution >= 0.6 is 0 Å². The van der Waals surface area contributed by atoms with Gasteiger partial charge in [-0.25, -0.2) is 13.2 Å². The van der Waals surface area contributed by atoms with E-state index in [4.69, 9.17) is 4.79 Å². The van der Waals surface area contributed by atoms with Crippen LogP contribution in [0.3, 0.4) is 0 Å². The van der Waals surface area contributed by atoms with Crippen molar-refractivity contribution < 1.29 is 49.1 Å². The second-order valence-electron chi connectivity index (χ2n) is 0.600. The Morgan fingerprint density at radius 2 is 1.43 bits per heavy atom. The van der Waals surface area contributed by atoms with E-state index in [-0.39, 0.29) is 37.4 Å². The molecule has 0 aromatic carbocycles. The third-order valence-corrected chi connectivity index (χ3v) is 0.116. The first-order chi connectivity index (χ1) is 2.56. The van der Waals surface area contributed by atoms with Crippen LogP contribution < -0.4 is 0 Å². The van der Waals surface area contributed by atoms with Crippen molar-refractivity contribution in [2.75, 3.05) is 0 Å². The van der Waals surface area contributed by atoms with Gasteiger partial charge in [0, 0.05) is 31.1 Å². The van der Waals surface area contributed by atoms with Gasteiger partial charge in [0.05, 0.1) is 0 Å². The SMILES string of the molecule is O=[C-]C(F)(F)F.[U]. The molecule has 0 rings (SSSR count). The number of halogens is 3. The Labute approximate surface area is 61.6 Å². The molecule has 0 aromatic heterocycles. The molecule has 0 aliphatic heterocycles. The Kier molecular flexibility index (Phi) is 5.25. The number of alkyl halides is 3. The molecule has 40 valence electrons. The molecule has 0 bridgehead atoms. The van der Waals surface area contributed by atoms with Gasteiger partial charge in [-0.3, -0.25) is 0 Å².